The molecule has 0 N–H and O–H groups in total. The molecule has 1 aromatic carbocycles. The van der Waals surface area contributed by atoms with Crippen LogP contribution in [0.5, 0.6) is 0 Å². The second-order valence-corrected chi connectivity index (χ2v) is 4.38. The first-order chi connectivity index (χ1) is 9.52. The van der Waals surface area contributed by atoms with Gasteiger partial charge in [0.2, 0.25) is 0 Å². The fourth-order valence-electron chi connectivity index (χ4n) is 2.15. The summed E-state index contributed by atoms with van der Waals surface area (Å²) >= 11 is 0. The Hall–Kier alpha value is -2.44. The van der Waals surface area contributed by atoms with Crippen molar-refractivity contribution < 1.29 is 19.3 Å². The van der Waals surface area contributed by atoms with E-state index in [1.54, 1.807) is 13.8 Å². The fraction of sp³-hybridized carbons (Fsp3) is 0.385. The highest BCUT2D eigenvalue weighted by molar-refractivity contribution is 6.12. The van der Waals surface area contributed by atoms with Crippen LogP contribution in [0, 0.1) is 10.1 Å². The third-order valence-electron chi connectivity index (χ3n) is 3.29. The van der Waals surface area contributed by atoms with E-state index in [2.05, 4.69) is 5.16 Å². The molecule has 7 nitrogen and oxygen atoms in total. The molecule has 0 spiro atoms. The zero-order valence-corrected chi connectivity index (χ0v) is 11.2. The summed E-state index contributed by atoms with van der Waals surface area (Å²) in [4.78, 5) is 27.5. The van der Waals surface area contributed by atoms with Crippen molar-refractivity contribution in [2.75, 3.05) is 13.2 Å². The Balaban J connectivity index is 2.45. The Kier molecular flexibility index (Phi) is 3.69. The number of carbonyl (C=O) groups is 1. The van der Waals surface area contributed by atoms with Crippen molar-refractivity contribution >= 4 is 17.4 Å². The highest BCUT2D eigenvalue weighted by Crippen LogP contribution is 2.33. The smallest absolute Gasteiger partial charge is 0.326 e. The zero-order valence-electron chi connectivity index (χ0n) is 11.2. The van der Waals surface area contributed by atoms with E-state index in [1.165, 1.54) is 24.3 Å². The van der Waals surface area contributed by atoms with Crippen LogP contribution < -0.4 is 0 Å². The van der Waals surface area contributed by atoms with Crippen molar-refractivity contribution in [2.45, 2.75) is 19.3 Å². The van der Waals surface area contributed by atoms with Crippen LogP contribution in [0.1, 0.15) is 19.4 Å². The Morgan fingerprint density at radius 3 is 2.60 bits per heavy atom. The summed E-state index contributed by atoms with van der Waals surface area (Å²) < 4.78 is 5.10. The number of ether oxygens (including phenoxy) is 1. The van der Waals surface area contributed by atoms with E-state index in [0.717, 1.165) is 0 Å². The predicted molar refractivity (Wildman–Crippen MR) is 70.5 cm³/mol. The summed E-state index contributed by atoms with van der Waals surface area (Å²) in [5.41, 5.74) is -0.114. The maximum Gasteiger partial charge on any atom is 0.326 e. The first-order valence-corrected chi connectivity index (χ1v) is 6.11. The molecule has 0 fully saturated rings. The SMILES string of the molecule is CCOC(=O)[C@]1(c2ccc([N+](=O)[O-])cc2)CON=C1C. The molecule has 1 heterocycles. The molecule has 1 aromatic rings. The standard InChI is InChI=1S/C13H14N2O5/c1-3-19-12(16)13(8-20-14-9(13)2)10-4-6-11(7-5-10)15(17)18/h4-7H,3,8H2,1-2H3/t13-/m1/s1. The molecule has 0 saturated carbocycles. The van der Waals surface area contributed by atoms with Crippen LogP contribution in [0.25, 0.3) is 0 Å². The molecule has 1 aliphatic heterocycles. The molecular weight excluding hydrogens is 264 g/mol. The largest absolute Gasteiger partial charge is 0.465 e. The van der Waals surface area contributed by atoms with Crippen molar-refractivity contribution in [1.82, 2.24) is 0 Å². The third-order valence-corrected chi connectivity index (χ3v) is 3.29. The molecule has 1 atom stereocenters. The first kappa shape index (κ1) is 14.0. The molecule has 0 aliphatic carbocycles. The van der Waals surface area contributed by atoms with Gasteiger partial charge in [-0.25, -0.2) is 0 Å². The lowest BCUT2D eigenvalue weighted by molar-refractivity contribution is -0.384. The number of carbonyl (C=O) groups excluding carboxylic acids is 1. The lowest BCUT2D eigenvalue weighted by Crippen LogP contribution is -2.44. The molecule has 0 unspecified atom stereocenters. The summed E-state index contributed by atoms with van der Waals surface area (Å²) in [7, 11) is 0. The number of hydrogen-bond acceptors (Lipinski definition) is 6. The normalized spacial score (nSPS) is 21.0. The number of benzene rings is 1. The number of esters is 1. The summed E-state index contributed by atoms with van der Waals surface area (Å²) in [5, 5.41) is 14.5. The average Bonchev–Trinajstić information content (AvgIpc) is 2.82. The van der Waals surface area contributed by atoms with Gasteiger partial charge in [-0.05, 0) is 19.4 Å². The van der Waals surface area contributed by atoms with Crippen molar-refractivity contribution in [3.63, 3.8) is 0 Å². The van der Waals surface area contributed by atoms with Crippen molar-refractivity contribution in [3.05, 3.63) is 39.9 Å². The maximum absolute atomic E-state index is 12.3. The third kappa shape index (κ3) is 2.11. The zero-order chi connectivity index (χ0) is 14.8. The second kappa shape index (κ2) is 5.28. The Labute approximate surface area is 115 Å². The van der Waals surface area contributed by atoms with Crippen molar-refractivity contribution in [3.8, 4) is 0 Å². The molecule has 0 bridgehead atoms. The van der Waals surface area contributed by atoms with E-state index in [9.17, 15) is 14.9 Å². The first-order valence-electron chi connectivity index (χ1n) is 6.11. The number of rotatable bonds is 4. The van der Waals surface area contributed by atoms with Gasteiger partial charge in [0.1, 0.15) is 6.61 Å². The molecule has 1 aliphatic rings. The molecule has 0 saturated heterocycles. The quantitative estimate of drug-likeness (QED) is 0.476. The maximum atomic E-state index is 12.3. The predicted octanol–water partition coefficient (Wildman–Crippen LogP) is 1.80. The van der Waals surface area contributed by atoms with Crippen LogP contribution in [0.3, 0.4) is 0 Å². The lowest BCUT2D eigenvalue weighted by atomic mass is 9.77. The molecular formula is C13H14N2O5. The van der Waals surface area contributed by atoms with Crippen molar-refractivity contribution in [2.24, 2.45) is 5.16 Å². The molecule has 106 valence electrons. The molecule has 20 heavy (non-hydrogen) atoms. The number of non-ortho nitro benzene ring substituents is 1. The second-order valence-electron chi connectivity index (χ2n) is 4.38. The average molecular weight is 278 g/mol. The number of nitro groups is 1. The minimum absolute atomic E-state index is 0.0372. The van der Waals surface area contributed by atoms with E-state index < -0.39 is 16.3 Å². The summed E-state index contributed by atoms with van der Waals surface area (Å²) in [6.07, 6.45) is 0. The van der Waals surface area contributed by atoms with Gasteiger partial charge in [0.05, 0.1) is 17.2 Å². The van der Waals surface area contributed by atoms with Gasteiger partial charge < -0.3 is 9.57 Å². The summed E-state index contributed by atoms with van der Waals surface area (Å²) in [5.74, 6) is -0.465. The van der Waals surface area contributed by atoms with Gasteiger partial charge in [0.15, 0.2) is 5.41 Å². The monoisotopic (exact) mass is 278 g/mol. The van der Waals surface area contributed by atoms with E-state index in [0.29, 0.717) is 11.3 Å². The molecule has 0 amide bonds. The van der Waals surface area contributed by atoms with Gasteiger partial charge >= 0.3 is 5.97 Å². The topological polar surface area (TPSA) is 91.0 Å². The van der Waals surface area contributed by atoms with Crippen LogP contribution in [-0.2, 0) is 19.8 Å². The number of oxime groups is 1. The van der Waals surface area contributed by atoms with Gasteiger partial charge in [-0.15, -0.1) is 0 Å². The van der Waals surface area contributed by atoms with Gasteiger partial charge in [0.25, 0.3) is 5.69 Å². The van der Waals surface area contributed by atoms with Gasteiger partial charge in [0, 0.05) is 12.1 Å². The van der Waals surface area contributed by atoms with E-state index in [4.69, 9.17) is 9.57 Å². The Morgan fingerprint density at radius 2 is 2.15 bits per heavy atom. The van der Waals surface area contributed by atoms with E-state index in [-0.39, 0.29) is 18.9 Å². The molecule has 0 radical (unpaired) electrons. The van der Waals surface area contributed by atoms with E-state index in [1.807, 2.05) is 0 Å². The van der Waals surface area contributed by atoms with Crippen LogP contribution in [0.15, 0.2) is 29.4 Å². The van der Waals surface area contributed by atoms with Crippen LogP contribution in [-0.4, -0.2) is 29.8 Å². The van der Waals surface area contributed by atoms with Crippen LogP contribution >= 0.6 is 0 Å². The minimum Gasteiger partial charge on any atom is -0.465 e. The van der Waals surface area contributed by atoms with Gasteiger partial charge in [-0.3, -0.25) is 14.9 Å². The lowest BCUT2D eigenvalue weighted by Gasteiger charge is -2.25. The number of hydrogen-bond donors (Lipinski definition) is 0. The minimum atomic E-state index is -1.12. The molecule has 2 rings (SSSR count). The Bertz CT molecular complexity index is 567. The van der Waals surface area contributed by atoms with Crippen molar-refractivity contribution in [1.29, 1.82) is 0 Å². The van der Waals surface area contributed by atoms with Gasteiger partial charge in [-0.1, -0.05) is 17.3 Å². The number of nitrogens with zero attached hydrogens (tertiary/aromatic N) is 2. The molecule has 7 heteroatoms. The summed E-state index contributed by atoms with van der Waals surface area (Å²) in [6, 6.07) is 5.76. The van der Waals surface area contributed by atoms with Gasteiger partial charge in [-0.2, -0.15) is 0 Å². The molecule has 0 aromatic heterocycles. The number of nitro benzene ring substituents is 1. The van der Waals surface area contributed by atoms with Crippen LogP contribution in [0.2, 0.25) is 0 Å². The van der Waals surface area contributed by atoms with E-state index >= 15 is 0 Å². The highest BCUT2D eigenvalue weighted by Gasteiger charge is 2.49. The van der Waals surface area contributed by atoms with Crippen LogP contribution in [0.4, 0.5) is 5.69 Å². The highest BCUT2D eigenvalue weighted by atomic mass is 16.6. The fourth-order valence-corrected chi connectivity index (χ4v) is 2.15. The Morgan fingerprint density at radius 1 is 1.50 bits per heavy atom. The summed E-state index contributed by atoms with van der Waals surface area (Å²) in [6.45, 7) is 3.66.